The number of hydrogen-bond donors (Lipinski definition) is 3. The highest BCUT2D eigenvalue weighted by Crippen LogP contribution is 2.28. The van der Waals surface area contributed by atoms with Gasteiger partial charge in [0, 0.05) is 17.8 Å². The Morgan fingerprint density at radius 2 is 1.91 bits per heavy atom. The predicted octanol–water partition coefficient (Wildman–Crippen LogP) is 0.262. The molecule has 1 heterocycles. The summed E-state index contributed by atoms with van der Waals surface area (Å²) >= 11 is 0. The smallest absolute Gasteiger partial charge is 0.325 e. The highest BCUT2D eigenvalue weighted by atomic mass is 16.5. The molecule has 0 aliphatic rings. The van der Waals surface area contributed by atoms with Crippen LogP contribution in [-0.2, 0) is 11.2 Å². The van der Waals surface area contributed by atoms with E-state index in [1.54, 1.807) is 18.2 Å². The van der Waals surface area contributed by atoms with Gasteiger partial charge in [0.25, 0.3) is 5.56 Å². The standard InChI is InChI=1S/C14H15N3O5/c1-21-9-3-4-10(11(7-9)22-2)16-12(18)5-8-6-13(19)17-14(20)15-8/h3-4,6-7H,5H2,1-2H3,(H,16,18)(H2,15,17,19,20). The van der Waals surface area contributed by atoms with Gasteiger partial charge in [-0.3, -0.25) is 14.6 Å². The van der Waals surface area contributed by atoms with Crippen molar-refractivity contribution >= 4 is 11.6 Å². The lowest BCUT2D eigenvalue weighted by molar-refractivity contribution is -0.115. The third-order valence-corrected chi connectivity index (χ3v) is 2.85. The molecule has 0 atom stereocenters. The summed E-state index contributed by atoms with van der Waals surface area (Å²) in [4.78, 5) is 38.7. The first-order valence-corrected chi connectivity index (χ1v) is 6.36. The van der Waals surface area contributed by atoms with E-state index >= 15 is 0 Å². The fraction of sp³-hybridized carbons (Fsp3) is 0.214. The molecular weight excluding hydrogens is 290 g/mol. The number of nitrogens with one attached hydrogen (secondary N) is 3. The molecule has 0 aliphatic heterocycles. The van der Waals surface area contributed by atoms with E-state index in [0.29, 0.717) is 17.2 Å². The molecular formula is C14H15N3O5. The molecule has 1 aromatic heterocycles. The number of carbonyl (C=O) groups is 1. The number of rotatable bonds is 5. The maximum Gasteiger partial charge on any atom is 0.325 e. The Morgan fingerprint density at radius 1 is 1.14 bits per heavy atom. The lowest BCUT2D eigenvalue weighted by Gasteiger charge is -2.11. The van der Waals surface area contributed by atoms with Gasteiger partial charge >= 0.3 is 5.69 Å². The summed E-state index contributed by atoms with van der Waals surface area (Å²) in [5.41, 5.74) is -0.537. The second-order valence-corrected chi connectivity index (χ2v) is 4.40. The normalized spacial score (nSPS) is 10.1. The lowest BCUT2D eigenvalue weighted by atomic mass is 10.2. The largest absolute Gasteiger partial charge is 0.497 e. The molecule has 2 rings (SSSR count). The Balaban J connectivity index is 2.15. The van der Waals surface area contributed by atoms with Crippen LogP contribution in [0, 0.1) is 0 Å². The van der Waals surface area contributed by atoms with E-state index in [2.05, 4.69) is 10.3 Å². The summed E-state index contributed by atoms with van der Waals surface area (Å²) in [6.07, 6.45) is -0.145. The Bertz CT molecular complexity index is 765. The van der Waals surface area contributed by atoms with E-state index in [1.165, 1.54) is 14.2 Å². The molecule has 0 fully saturated rings. The van der Waals surface area contributed by atoms with Crippen LogP contribution in [0.1, 0.15) is 5.69 Å². The average Bonchev–Trinajstić information content (AvgIpc) is 2.46. The van der Waals surface area contributed by atoms with Gasteiger partial charge in [0.15, 0.2) is 0 Å². The minimum Gasteiger partial charge on any atom is -0.497 e. The number of benzene rings is 1. The minimum atomic E-state index is -0.655. The maximum absolute atomic E-state index is 12.0. The highest BCUT2D eigenvalue weighted by Gasteiger charge is 2.10. The van der Waals surface area contributed by atoms with Crippen molar-refractivity contribution in [1.82, 2.24) is 9.97 Å². The third kappa shape index (κ3) is 3.75. The van der Waals surface area contributed by atoms with E-state index < -0.39 is 17.2 Å². The summed E-state index contributed by atoms with van der Waals surface area (Å²) in [6.45, 7) is 0. The van der Waals surface area contributed by atoms with Crippen LogP contribution in [0.25, 0.3) is 0 Å². The van der Waals surface area contributed by atoms with Crippen molar-refractivity contribution in [2.45, 2.75) is 6.42 Å². The molecule has 0 saturated heterocycles. The van der Waals surface area contributed by atoms with Crippen molar-refractivity contribution in [2.24, 2.45) is 0 Å². The number of methoxy groups -OCH3 is 2. The van der Waals surface area contributed by atoms with Crippen LogP contribution in [0.15, 0.2) is 33.9 Å². The Labute approximate surface area is 125 Å². The van der Waals surface area contributed by atoms with Crippen molar-refractivity contribution in [3.05, 3.63) is 50.8 Å². The molecule has 0 aliphatic carbocycles. The Morgan fingerprint density at radius 3 is 2.55 bits per heavy atom. The van der Waals surface area contributed by atoms with E-state index in [0.717, 1.165) is 6.07 Å². The Kier molecular flexibility index (Phi) is 4.62. The molecule has 1 aromatic carbocycles. The van der Waals surface area contributed by atoms with Gasteiger partial charge < -0.3 is 19.8 Å². The quantitative estimate of drug-likeness (QED) is 0.733. The van der Waals surface area contributed by atoms with Gasteiger partial charge in [0.1, 0.15) is 11.5 Å². The van der Waals surface area contributed by atoms with Crippen molar-refractivity contribution in [1.29, 1.82) is 0 Å². The van der Waals surface area contributed by atoms with Crippen molar-refractivity contribution in [3.63, 3.8) is 0 Å². The second kappa shape index (κ2) is 6.61. The molecule has 2 aromatic rings. The first-order chi connectivity index (χ1) is 10.5. The highest BCUT2D eigenvalue weighted by molar-refractivity contribution is 5.93. The third-order valence-electron chi connectivity index (χ3n) is 2.85. The topological polar surface area (TPSA) is 113 Å². The van der Waals surface area contributed by atoms with Gasteiger partial charge in [-0.05, 0) is 12.1 Å². The molecule has 0 spiro atoms. The maximum atomic E-state index is 12.0. The van der Waals surface area contributed by atoms with E-state index in [9.17, 15) is 14.4 Å². The Hall–Kier alpha value is -3.03. The summed E-state index contributed by atoms with van der Waals surface area (Å²) in [7, 11) is 2.99. The molecule has 3 N–H and O–H groups in total. The lowest BCUT2D eigenvalue weighted by Crippen LogP contribution is -2.25. The number of amides is 1. The first kappa shape index (κ1) is 15.4. The molecule has 0 radical (unpaired) electrons. The number of anilines is 1. The molecule has 0 saturated carbocycles. The van der Waals surface area contributed by atoms with Crippen LogP contribution in [0.5, 0.6) is 11.5 Å². The number of hydrogen-bond acceptors (Lipinski definition) is 5. The molecule has 22 heavy (non-hydrogen) atoms. The van der Waals surface area contributed by atoms with Gasteiger partial charge in [-0.1, -0.05) is 0 Å². The van der Waals surface area contributed by atoms with Crippen molar-refractivity contribution in [2.75, 3.05) is 19.5 Å². The van der Waals surface area contributed by atoms with Crippen LogP contribution in [-0.4, -0.2) is 30.1 Å². The number of H-pyrrole nitrogens is 2. The number of carbonyl (C=O) groups excluding carboxylic acids is 1. The van der Waals surface area contributed by atoms with Crippen LogP contribution < -0.4 is 26.0 Å². The van der Waals surface area contributed by atoms with E-state index in [1.807, 2.05) is 4.98 Å². The van der Waals surface area contributed by atoms with E-state index in [4.69, 9.17) is 9.47 Å². The molecule has 0 bridgehead atoms. The van der Waals surface area contributed by atoms with Gasteiger partial charge in [-0.2, -0.15) is 0 Å². The van der Waals surface area contributed by atoms with Gasteiger partial charge in [-0.25, -0.2) is 4.79 Å². The van der Waals surface area contributed by atoms with Crippen molar-refractivity contribution in [3.8, 4) is 11.5 Å². The van der Waals surface area contributed by atoms with E-state index in [-0.39, 0.29) is 12.1 Å². The number of aromatic amines is 2. The number of aromatic nitrogens is 2. The van der Waals surface area contributed by atoms with Crippen LogP contribution >= 0.6 is 0 Å². The minimum absolute atomic E-state index is 0.145. The zero-order chi connectivity index (χ0) is 16.1. The summed E-state index contributed by atoms with van der Waals surface area (Å²) in [5.74, 6) is 0.630. The molecule has 1 amide bonds. The van der Waals surface area contributed by atoms with Crippen molar-refractivity contribution < 1.29 is 14.3 Å². The second-order valence-electron chi connectivity index (χ2n) is 4.40. The van der Waals surface area contributed by atoms with Gasteiger partial charge in [-0.15, -0.1) is 0 Å². The van der Waals surface area contributed by atoms with Gasteiger partial charge in [0.05, 0.1) is 26.3 Å². The molecule has 116 valence electrons. The zero-order valence-corrected chi connectivity index (χ0v) is 12.1. The van der Waals surface area contributed by atoms with Gasteiger partial charge in [0.2, 0.25) is 5.91 Å². The van der Waals surface area contributed by atoms with Crippen LogP contribution in [0.4, 0.5) is 5.69 Å². The molecule has 0 unspecified atom stereocenters. The summed E-state index contributed by atoms with van der Waals surface area (Å²) in [5, 5.41) is 2.65. The monoisotopic (exact) mass is 305 g/mol. The summed E-state index contributed by atoms with van der Waals surface area (Å²) in [6, 6.07) is 6.10. The summed E-state index contributed by atoms with van der Waals surface area (Å²) < 4.78 is 10.2. The van der Waals surface area contributed by atoms with Crippen LogP contribution in [0.3, 0.4) is 0 Å². The fourth-order valence-electron chi connectivity index (χ4n) is 1.88. The van der Waals surface area contributed by atoms with Crippen LogP contribution in [0.2, 0.25) is 0 Å². The first-order valence-electron chi connectivity index (χ1n) is 6.36. The molecule has 8 nitrogen and oxygen atoms in total. The predicted molar refractivity (Wildman–Crippen MR) is 79.6 cm³/mol. The SMILES string of the molecule is COc1ccc(NC(=O)Cc2cc(=O)[nH]c(=O)[nH]2)c(OC)c1. The average molecular weight is 305 g/mol. The number of ether oxygens (including phenoxy) is 2. The zero-order valence-electron chi connectivity index (χ0n) is 12.1. The fourth-order valence-corrected chi connectivity index (χ4v) is 1.88. The molecule has 8 heteroatoms.